The monoisotopic (exact) mass is 145 g/mol. The SMILES string of the molecule is CCCCC(C)(N)C(C)O. The van der Waals surface area contributed by atoms with Crippen molar-refractivity contribution < 1.29 is 5.11 Å². The van der Waals surface area contributed by atoms with Gasteiger partial charge in [-0.3, -0.25) is 0 Å². The van der Waals surface area contributed by atoms with E-state index >= 15 is 0 Å². The van der Waals surface area contributed by atoms with E-state index in [1.54, 1.807) is 6.92 Å². The lowest BCUT2D eigenvalue weighted by Gasteiger charge is -2.27. The third-order valence-electron chi connectivity index (χ3n) is 2.02. The first-order valence-corrected chi connectivity index (χ1v) is 3.97. The van der Waals surface area contributed by atoms with Crippen LogP contribution in [0.25, 0.3) is 0 Å². The topological polar surface area (TPSA) is 46.2 Å². The first-order valence-electron chi connectivity index (χ1n) is 3.97. The van der Waals surface area contributed by atoms with E-state index in [-0.39, 0.29) is 0 Å². The van der Waals surface area contributed by atoms with Crippen molar-refractivity contribution in [1.29, 1.82) is 0 Å². The van der Waals surface area contributed by atoms with Crippen LogP contribution in [0.1, 0.15) is 40.0 Å². The molecule has 2 nitrogen and oxygen atoms in total. The average Bonchev–Trinajstić information content (AvgIpc) is 1.84. The molecule has 2 unspecified atom stereocenters. The van der Waals surface area contributed by atoms with E-state index in [4.69, 9.17) is 5.73 Å². The molecule has 0 rings (SSSR count). The largest absolute Gasteiger partial charge is 0.392 e. The fourth-order valence-corrected chi connectivity index (χ4v) is 0.767. The zero-order valence-corrected chi connectivity index (χ0v) is 7.22. The summed E-state index contributed by atoms with van der Waals surface area (Å²) in [7, 11) is 0. The first-order chi connectivity index (χ1) is 4.50. The molecule has 0 aromatic rings. The lowest BCUT2D eigenvalue weighted by molar-refractivity contribution is 0.104. The zero-order chi connectivity index (χ0) is 8.20. The highest BCUT2D eigenvalue weighted by atomic mass is 16.3. The summed E-state index contributed by atoms with van der Waals surface area (Å²) >= 11 is 0. The van der Waals surface area contributed by atoms with Crippen molar-refractivity contribution in [2.24, 2.45) is 5.73 Å². The minimum atomic E-state index is -0.404. The number of nitrogens with two attached hydrogens (primary N) is 1. The van der Waals surface area contributed by atoms with Crippen LogP contribution >= 0.6 is 0 Å². The highest BCUT2D eigenvalue weighted by molar-refractivity contribution is 4.83. The molecule has 0 aromatic heterocycles. The Morgan fingerprint density at radius 1 is 1.60 bits per heavy atom. The van der Waals surface area contributed by atoms with Crippen LogP contribution in [0.3, 0.4) is 0 Å². The van der Waals surface area contributed by atoms with Crippen molar-refractivity contribution in [3.63, 3.8) is 0 Å². The van der Waals surface area contributed by atoms with Crippen LogP contribution in [-0.4, -0.2) is 16.7 Å². The Morgan fingerprint density at radius 3 is 2.40 bits per heavy atom. The predicted molar refractivity (Wildman–Crippen MR) is 43.8 cm³/mol. The van der Waals surface area contributed by atoms with Gasteiger partial charge in [-0.25, -0.2) is 0 Å². The summed E-state index contributed by atoms with van der Waals surface area (Å²) in [6, 6.07) is 0. The molecule has 0 aliphatic heterocycles. The Labute approximate surface area is 63.4 Å². The summed E-state index contributed by atoms with van der Waals surface area (Å²) in [6.07, 6.45) is 2.73. The molecule has 3 N–H and O–H groups in total. The van der Waals surface area contributed by atoms with Gasteiger partial charge < -0.3 is 10.8 Å². The van der Waals surface area contributed by atoms with Gasteiger partial charge in [-0.1, -0.05) is 19.8 Å². The summed E-state index contributed by atoms with van der Waals surface area (Å²) in [5, 5.41) is 9.18. The smallest absolute Gasteiger partial charge is 0.0688 e. The number of unbranched alkanes of at least 4 members (excludes halogenated alkanes) is 1. The second-order valence-electron chi connectivity index (χ2n) is 3.29. The average molecular weight is 145 g/mol. The van der Waals surface area contributed by atoms with Crippen molar-refractivity contribution in [2.45, 2.75) is 51.7 Å². The molecule has 0 saturated heterocycles. The number of aliphatic hydroxyl groups excluding tert-OH is 1. The molecule has 2 atom stereocenters. The normalized spacial score (nSPS) is 20.1. The van der Waals surface area contributed by atoms with Crippen LogP contribution in [0.5, 0.6) is 0 Å². The van der Waals surface area contributed by atoms with Gasteiger partial charge in [-0.05, 0) is 20.3 Å². The van der Waals surface area contributed by atoms with Gasteiger partial charge in [0.1, 0.15) is 0 Å². The van der Waals surface area contributed by atoms with Gasteiger partial charge in [-0.15, -0.1) is 0 Å². The van der Waals surface area contributed by atoms with E-state index in [2.05, 4.69) is 6.92 Å². The van der Waals surface area contributed by atoms with Crippen LogP contribution in [0.2, 0.25) is 0 Å². The molecule has 2 heteroatoms. The molecule has 0 amide bonds. The molecule has 0 aliphatic carbocycles. The van der Waals surface area contributed by atoms with Crippen LogP contribution in [0, 0.1) is 0 Å². The van der Waals surface area contributed by atoms with E-state index in [9.17, 15) is 5.11 Å². The van der Waals surface area contributed by atoms with Crippen LogP contribution in [0.4, 0.5) is 0 Å². The molecule has 10 heavy (non-hydrogen) atoms. The van der Waals surface area contributed by atoms with Gasteiger partial charge in [0.05, 0.1) is 6.10 Å². The standard InChI is InChI=1S/C8H19NO/c1-4-5-6-8(3,9)7(2)10/h7,10H,4-6,9H2,1-3H3. The van der Waals surface area contributed by atoms with Gasteiger partial charge in [0, 0.05) is 5.54 Å². The molecular weight excluding hydrogens is 126 g/mol. The predicted octanol–water partition coefficient (Wildman–Crippen LogP) is 1.27. The molecule has 0 saturated carbocycles. The molecular formula is C8H19NO. The van der Waals surface area contributed by atoms with Crippen LogP contribution < -0.4 is 5.73 Å². The summed E-state index contributed by atoms with van der Waals surface area (Å²) < 4.78 is 0. The number of hydrogen-bond donors (Lipinski definition) is 2. The van der Waals surface area contributed by atoms with Crippen molar-refractivity contribution in [2.75, 3.05) is 0 Å². The maximum Gasteiger partial charge on any atom is 0.0688 e. The summed E-state index contributed by atoms with van der Waals surface area (Å²) in [4.78, 5) is 0. The lowest BCUT2D eigenvalue weighted by Crippen LogP contribution is -2.46. The molecule has 0 aromatic carbocycles. The fourth-order valence-electron chi connectivity index (χ4n) is 0.767. The Kier molecular flexibility index (Phi) is 3.91. The summed E-state index contributed by atoms with van der Waals surface area (Å²) in [6.45, 7) is 5.76. The Hall–Kier alpha value is -0.0800. The van der Waals surface area contributed by atoms with Gasteiger partial charge in [-0.2, -0.15) is 0 Å². The highest BCUT2D eigenvalue weighted by Crippen LogP contribution is 2.14. The van der Waals surface area contributed by atoms with Crippen molar-refractivity contribution in [1.82, 2.24) is 0 Å². The van der Waals surface area contributed by atoms with Crippen LogP contribution in [-0.2, 0) is 0 Å². The maximum atomic E-state index is 9.18. The summed E-state index contributed by atoms with van der Waals surface area (Å²) in [5.41, 5.74) is 5.40. The minimum absolute atomic E-state index is 0.393. The van der Waals surface area contributed by atoms with Gasteiger partial charge >= 0.3 is 0 Å². The fraction of sp³-hybridized carbons (Fsp3) is 1.00. The Morgan fingerprint density at radius 2 is 2.10 bits per heavy atom. The zero-order valence-electron chi connectivity index (χ0n) is 7.22. The van der Waals surface area contributed by atoms with Crippen LogP contribution in [0.15, 0.2) is 0 Å². The Bertz CT molecular complexity index is 89.3. The van der Waals surface area contributed by atoms with E-state index in [1.165, 1.54) is 0 Å². The summed E-state index contributed by atoms with van der Waals surface area (Å²) in [5.74, 6) is 0. The van der Waals surface area contributed by atoms with E-state index in [0.29, 0.717) is 0 Å². The Balaban J connectivity index is 3.63. The van der Waals surface area contributed by atoms with E-state index < -0.39 is 11.6 Å². The second kappa shape index (κ2) is 3.94. The first kappa shape index (κ1) is 9.92. The lowest BCUT2D eigenvalue weighted by atomic mass is 9.91. The number of rotatable bonds is 4. The number of aliphatic hydroxyl groups is 1. The molecule has 62 valence electrons. The van der Waals surface area contributed by atoms with Gasteiger partial charge in [0.2, 0.25) is 0 Å². The van der Waals surface area contributed by atoms with Crippen molar-refractivity contribution in [3.05, 3.63) is 0 Å². The highest BCUT2D eigenvalue weighted by Gasteiger charge is 2.23. The molecule has 0 spiro atoms. The number of hydrogen-bond acceptors (Lipinski definition) is 2. The minimum Gasteiger partial charge on any atom is -0.392 e. The molecule has 0 heterocycles. The van der Waals surface area contributed by atoms with Crippen molar-refractivity contribution in [3.8, 4) is 0 Å². The molecule has 0 radical (unpaired) electrons. The molecule has 0 fully saturated rings. The van der Waals surface area contributed by atoms with E-state index in [1.807, 2.05) is 6.92 Å². The van der Waals surface area contributed by atoms with E-state index in [0.717, 1.165) is 19.3 Å². The van der Waals surface area contributed by atoms with Gasteiger partial charge in [0.25, 0.3) is 0 Å². The quantitative estimate of drug-likeness (QED) is 0.626. The second-order valence-corrected chi connectivity index (χ2v) is 3.29. The third-order valence-corrected chi connectivity index (χ3v) is 2.02. The van der Waals surface area contributed by atoms with Crippen molar-refractivity contribution >= 4 is 0 Å². The maximum absolute atomic E-state index is 9.18. The third kappa shape index (κ3) is 3.18. The molecule has 0 bridgehead atoms. The molecule has 0 aliphatic rings. The van der Waals surface area contributed by atoms with Gasteiger partial charge in [0.15, 0.2) is 0 Å².